The first-order valence-electron chi connectivity index (χ1n) is 22.2. The summed E-state index contributed by atoms with van der Waals surface area (Å²) in [6, 6.07) is -1.11. The summed E-state index contributed by atoms with van der Waals surface area (Å²) in [4.78, 5) is 44.3. The molecule has 340 valence electrons. The third-order valence-electron chi connectivity index (χ3n) is 13.3. The number of ketones is 1. The summed E-state index contributed by atoms with van der Waals surface area (Å²) < 4.78 is 30.1. The number of Topliss-reactive ketones (excluding diaryl/α,β-unsaturated/α-hetero) is 1. The molecule has 0 aromatic rings. The van der Waals surface area contributed by atoms with Crippen LogP contribution in [0.5, 0.6) is 0 Å². The predicted octanol–water partition coefficient (Wildman–Crippen LogP) is 5.74. The first-order chi connectivity index (χ1) is 28.4. The van der Waals surface area contributed by atoms with Crippen molar-refractivity contribution >= 4 is 29.1 Å². The molecule has 14 heteroatoms. The van der Waals surface area contributed by atoms with Crippen LogP contribution in [0.25, 0.3) is 0 Å². The number of methoxy groups -OCH3 is 3. The Morgan fingerprint density at radius 3 is 2.22 bits per heavy atom. The molecule has 60 heavy (non-hydrogen) atoms. The van der Waals surface area contributed by atoms with E-state index in [9.17, 15) is 29.7 Å². The number of cyclic esters (lactones) is 1. The Kier molecular flexibility index (Phi) is 18.7. The van der Waals surface area contributed by atoms with E-state index in [1.165, 1.54) is 4.90 Å². The van der Waals surface area contributed by atoms with E-state index in [-0.39, 0.29) is 49.7 Å². The maximum Gasteiger partial charge on any atom is 0.329 e. The summed E-state index contributed by atoms with van der Waals surface area (Å²) in [6.45, 7) is 15.5. The quantitative estimate of drug-likeness (QED) is 0.0933. The minimum Gasteiger partial charge on any atom is -0.456 e. The van der Waals surface area contributed by atoms with Crippen molar-refractivity contribution in [1.29, 1.82) is 0 Å². The molecule has 0 aromatic heterocycles. The Labute approximate surface area is 358 Å². The summed E-state index contributed by atoms with van der Waals surface area (Å²) in [6.07, 6.45) is 4.97. The van der Waals surface area contributed by atoms with Crippen molar-refractivity contribution in [1.82, 2.24) is 4.90 Å². The van der Waals surface area contributed by atoms with Gasteiger partial charge in [0.1, 0.15) is 18.2 Å². The number of rotatable bonds is 7. The van der Waals surface area contributed by atoms with Crippen LogP contribution in [-0.2, 0) is 38.1 Å². The molecule has 4 rings (SSSR count). The number of fused-ring (bicyclic) bond motifs is 3. The van der Waals surface area contributed by atoms with Gasteiger partial charge in [-0.2, -0.15) is 10.2 Å². The van der Waals surface area contributed by atoms with Crippen molar-refractivity contribution in [3.05, 3.63) is 23.3 Å². The summed E-state index contributed by atoms with van der Waals surface area (Å²) in [5.41, 5.74) is 3.30. The molecule has 0 radical (unpaired) electrons. The standard InChI is InChI=1S/C46H75N3O11/c1-12-33-20-27(4)19-28(5)21-39(57-10)42-40(58-11)23-30(7)46(55,60-42)43(52)44(53)49-18-14-13-15-35(49)45(54)59-41(31(8)37(51)25-34(33)48-47-26(2)3)29(6)22-32-16-17-36(50)38(24-32)56-9/h20,22,28,30-33,35-42,50-51,55H,12-19,21,23-25H2,1-11H3/b27-20+,29-22+,48-34?/t28-,30+,31+,32-,33+,35-,36+,37-,38+,39-,40-,41+,42+,46+/m0/s1. The van der Waals surface area contributed by atoms with Crippen LogP contribution in [0.3, 0.4) is 0 Å². The van der Waals surface area contributed by atoms with Gasteiger partial charge < -0.3 is 43.9 Å². The molecule has 2 saturated heterocycles. The zero-order valence-electron chi connectivity index (χ0n) is 38.1. The van der Waals surface area contributed by atoms with Crippen LogP contribution in [0.2, 0.25) is 0 Å². The lowest BCUT2D eigenvalue weighted by atomic mass is 9.81. The molecule has 1 amide bonds. The number of nitrogens with zero attached hydrogens (tertiary/aromatic N) is 3. The fourth-order valence-corrected chi connectivity index (χ4v) is 9.69. The SMILES string of the molecule is CC[C@@H]1/C=C(\C)C[C@H](C)C[C@H](OC)[C@H]2O[C@@](O)(C(=O)C(=O)N3CCCC[C@H]3C(=O)O[C@H](/C(C)=C/[C@@H]3CC[C@@H](O)[C@H](OC)C3)[C@H](C)[C@@H](O)CC1=NN=C(C)C)[C@H](C)C[C@@H]2OC. The van der Waals surface area contributed by atoms with Crippen molar-refractivity contribution in [2.75, 3.05) is 27.9 Å². The molecule has 3 fully saturated rings. The molecule has 1 aliphatic carbocycles. The number of carbonyl (C=O) groups excluding carboxylic acids is 3. The van der Waals surface area contributed by atoms with Gasteiger partial charge in [0, 0.05) is 63.5 Å². The van der Waals surface area contributed by atoms with Crippen molar-refractivity contribution in [2.24, 2.45) is 39.8 Å². The van der Waals surface area contributed by atoms with Crippen LogP contribution in [0, 0.1) is 29.6 Å². The zero-order valence-corrected chi connectivity index (χ0v) is 38.1. The number of aliphatic hydroxyl groups is 3. The largest absolute Gasteiger partial charge is 0.456 e. The summed E-state index contributed by atoms with van der Waals surface area (Å²) >= 11 is 0. The summed E-state index contributed by atoms with van der Waals surface area (Å²) in [5, 5.41) is 43.8. The van der Waals surface area contributed by atoms with Gasteiger partial charge in [-0.1, -0.05) is 45.4 Å². The van der Waals surface area contributed by atoms with E-state index in [1.54, 1.807) is 28.3 Å². The molecule has 3 heterocycles. The molecular weight excluding hydrogens is 771 g/mol. The lowest BCUT2D eigenvalue weighted by Crippen LogP contribution is -2.64. The predicted molar refractivity (Wildman–Crippen MR) is 229 cm³/mol. The van der Waals surface area contributed by atoms with Crippen LogP contribution >= 0.6 is 0 Å². The molecule has 0 unspecified atom stereocenters. The Hall–Kier alpha value is -2.85. The Balaban J connectivity index is 1.84. The average Bonchev–Trinajstić information content (AvgIpc) is 3.22. The van der Waals surface area contributed by atoms with Crippen LogP contribution in [0.4, 0.5) is 0 Å². The molecule has 0 aromatic carbocycles. The maximum atomic E-state index is 14.5. The normalized spacial score (nSPS) is 40.2. The van der Waals surface area contributed by atoms with Gasteiger partial charge in [-0.15, -0.1) is 0 Å². The van der Waals surface area contributed by atoms with E-state index < -0.39 is 77.9 Å². The third-order valence-corrected chi connectivity index (χ3v) is 13.3. The van der Waals surface area contributed by atoms with Gasteiger partial charge in [-0.3, -0.25) is 9.59 Å². The molecule has 2 bridgehead atoms. The van der Waals surface area contributed by atoms with E-state index in [0.717, 1.165) is 16.9 Å². The monoisotopic (exact) mass is 846 g/mol. The van der Waals surface area contributed by atoms with Crippen LogP contribution in [0.1, 0.15) is 126 Å². The molecule has 14 nitrogen and oxygen atoms in total. The molecule has 3 aliphatic heterocycles. The van der Waals surface area contributed by atoms with Gasteiger partial charge in [0.2, 0.25) is 5.79 Å². The highest BCUT2D eigenvalue weighted by molar-refractivity contribution is 6.39. The van der Waals surface area contributed by atoms with E-state index in [4.69, 9.17) is 28.8 Å². The molecule has 0 spiro atoms. The van der Waals surface area contributed by atoms with Crippen molar-refractivity contribution in [3.63, 3.8) is 0 Å². The third kappa shape index (κ3) is 12.2. The van der Waals surface area contributed by atoms with Gasteiger partial charge in [0.05, 0.1) is 30.5 Å². The van der Waals surface area contributed by atoms with Crippen LogP contribution in [-0.4, -0.2) is 132 Å². The number of hydrogen-bond donors (Lipinski definition) is 3. The number of hydrogen-bond acceptors (Lipinski definition) is 13. The Morgan fingerprint density at radius 1 is 0.917 bits per heavy atom. The van der Waals surface area contributed by atoms with Gasteiger partial charge >= 0.3 is 5.97 Å². The average molecular weight is 846 g/mol. The van der Waals surface area contributed by atoms with E-state index >= 15 is 0 Å². The highest BCUT2D eigenvalue weighted by Crippen LogP contribution is 2.39. The van der Waals surface area contributed by atoms with Gasteiger partial charge in [0.15, 0.2) is 0 Å². The topological polar surface area (TPSA) is 186 Å². The lowest BCUT2D eigenvalue weighted by molar-refractivity contribution is -0.302. The van der Waals surface area contributed by atoms with Gasteiger partial charge in [-0.05, 0) is 109 Å². The number of carbonyl (C=O) groups is 3. The maximum absolute atomic E-state index is 14.5. The number of aliphatic hydroxyl groups excluding tert-OH is 2. The van der Waals surface area contributed by atoms with E-state index in [1.807, 2.05) is 33.8 Å². The fourth-order valence-electron chi connectivity index (χ4n) is 9.69. The smallest absolute Gasteiger partial charge is 0.329 e. The molecular formula is C46H75N3O11. The summed E-state index contributed by atoms with van der Waals surface area (Å²) in [7, 11) is 4.70. The number of esters is 1. The highest BCUT2D eigenvalue weighted by Gasteiger charge is 2.56. The first-order valence-corrected chi connectivity index (χ1v) is 22.2. The first kappa shape index (κ1) is 49.8. The molecule has 4 aliphatic rings. The lowest BCUT2D eigenvalue weighted by Gasteiger charge is -2.47. The molecule has 14 atom stereocenters. The minimum atomic E-state index is -2.49. The van der Waals surface area contributed by atoms with E-state index in [2.05, 4.69) is 31.9 Å². The minimum absolute atomic E-state index is 0.0216. The van der Waals surface area contributed by atoms with Crippen LogP contribution in [0.15, 0.2) is 33.5 Å². The highest BCUT2D eigenvalue weighted by atomic mass is 16.7. The second-order valence-electron chi connectivity index (χ2n) is 18.3. The van der Waals surface area contributed by atoms with Crippen molar-refractivity contribution in [3.8, 4) is 0 Å². The number of ether oxygens (including phenoxy) is 5. The Bertz CT molecular complexity index is 1590. The zero-order chi connectivity index (χ0) is 44.5. The molecule has 3 N–H and O–H groups in total. The van der Waals surface area contributed by atoms with Gasteiger partial charge in [0.25, 0.3) is 11.7 Å². The second-order valence-corrected chi connectivity index (χ2v) is 18.3. The number of piperidine rings is 1. The number of allylic oxidation sites excluding steroid dienone is 3. The van der Waals surface area contributed by atoms with Crippen molar-refractivity contribution in [2.45, 2.75) is 181 Å². The van der Waals surface area contributed by atoms with E-state index in [0.29, 0.717) is 57.1 Å². The Morgan fingerprint density at radius 2 is 1.58 bits per heavy atom. The number of amides is 1. The molecule has 1 saturated carbocycles. The fraction of sp³-hybridized carbons (Fsp3) is 0.804. The van der Waals surface area contributed by atoms with Gasteiger partial charge in [-0.25, -0.2) is 4.79 Å². The second kappa shape index (κ2) is 22.5. The van der Waals surface area contributed by atoms with Crippen molar-refractivity contribution < 1.29 is 53.4 Å². The summed E-state index contributed by atoms with van der Waals surface area (Å²) in [5.74, 6) is -6.84. The van der Waals surface area contributed by atoms with Crippen LogP contribution < -0.4 is 0 Å².